The number of phenolic OH excluding ortho intramolecular Hbond substituents is 11. The summed E-state index contributed by atoms with van der Waals surface area (Å²) in [6.45, 7) is 0. The highest BCUT2D eigenvalue weighted by molar-refractivity contribution is 5.74. The molecule has 2 bridgehead atoms. The van der Waals surface area contributed by atoms with Gasteiger partial charge >= 0.3 is 5.79 Å². The van der Waals surface area contributed by atoms with Crippen LogP contribution in [0.3, 0.4) is 0 Å². The molecule has 0 unspecified atom stereocenters. The van der Waals surface area contributed by atoms with E-state index in [4.69, 9.17) is 18.9 Å². The summed E-state index contributed by atoms with van der Waals surface area (Å²) >= 11 is 0. The highest BCUT2D eigenvalue weighted by Crippen LogP contribution is 2.66. The van der Waals surface area contributed by atoms with Gasteiger partial charge in [-0.2, -0.15) is 0 Å². The summed E-state index contributed by atoms with van der Waals surface area (Å²) in [4.78, 5) is 0. The van der Waals surface area contributed by atoms with Crippen molar-refractivity contribution in [3.05, 3.63) is 123 Å². The van der Waals surface area contributed by atoms with Crippen LogP contribution >= 0.6 is 0 Å². The van der Waals surface area contributed by atoms with Gasteiger partial charge in [-0.15, -0.1) is 0 Å². The normalized spacial score (nSPS) is 25.2. The monoisotopic (exact) mass is 864 g/mol. The molecule has 18 nitrogen and oxygen atoms in total. The third kappa shape index (κ3) is 5.68. The Bertz CT molecular complexity index is 2910. The van der Waals surface area contributed by atoms with Gasteiger partial charge in [0, 0.05) is 64.1 Å². The molecule has 14 N–H and O–H groups in total. The number of hydrogen-bond donors (Lipinski definition) is 14. The molecule has 8 atom stereocenters. The van der Waals surface area contributed by atoms with Gasteiger partial charge in [0.15, 0.2) is 40.6 Å². The predicted molar refractivity (Wildman–Crippen MR) is 212 cm³/mol. The van der Waals surface area contributed by atoms with Crippen molar-refractivity contribution in [1.29, 1.82) is 0 Å². The second-order valence-electron chi connectivity index (χ2n) is 15.9. The van der Waals surface area contributed by atoms with Crippen LogP contribution in [0, 0.1) is 0 Å². The molecule has 6 aromatic rings. The van der Waals surface area contributed by atoms with Crippen LogP contribution in [0.4, 0.5) is 0 Å². The van der Waals surface area contributed by atoms with E-state index in [0.717, 1.165) is 60.7 Å². The predicted octanol–water partition coefficient (Wildman–Crippen LogP) is 4.24. The van der Waals surface area contributed by atoms with Crippen LogP contribution in [-0.4, -0.2) is 89.8 Å². The molecule has 0 aliphatic carbocycles. The van der Waals surface area contributed by atoms with Crippen molar-refractivity contribution in [2.45, 2.75) is 54.6 Å². The molecule has 0 saturated heterocycles. The molecular weight excluding hydrogens is 828 g/mol. The number of aliphatic hydroxyl groups excluding tert-OH is 3. The summed E-state index contributed by atoms with van der Waals surface area (Å²) in [6, 6.07) is 14.8. The molecule has 0 saturated carbocycles. The number of benzene rings is 6. The van der Waals surface area contributed by atoms with Gasteiger partial charge in [0.1, 0.15) is 70.1 Å². The van der Waals surface area contributed by atoms with Crippen LogP contribution in [0.25, 0.3) is 0 Å². The van der Waals surface area contributed by atoms with Crippen molar-refractivity contribution < 1.29 is 90.4 Å². The molecule has 324 valence electrons. The van der Waals surface area contributed by atoms with E-state index in [-0.39, 0.29) is 61.8 Å². The van der Waals surface area contributed by atoms with Crippen molar-refractivity contribution in [2.24, 2.45) is 0 Å². The fourth-order valence-electron chi connectivity index (χ4n) is 9.34. The summed E-state index contributed by atoms with van der Waals surface area (Å²) in [7, 11) is 0. The number of phenols is 11. The molecule has 6 aromatic carbocycles. The Labute approximate surface area is 354 Å². The van der Waals surface area contributed by atoms with E-state index in [2.05, 4.69) is 0 Å². The Morgan fingerprint density at radius 2 is 1.02 bits per heavy atom. The minimum atomic E-state index is -2.50. The lowest BCUT2D eigenvalue weighted by molar-refractivity contribution is -0.219. The number of aromatic hydroxyl groups is 11. The van der Waals surface area contributed by atoms with Gasteiger partial charge in [0.05, 0.1) is 17.9 Å². The highest BCUT2D eigenvalue weighted by Gasteiger charge is 2.61. The van der Waals surface area contributed by atoms with Crippen LogP contribution in [0.5, 0.6) is 86.2 Å². The first-order chi connectivity index (χ1) is 30.0. The number of hydrogen-bond acceptors (Lipinski definition) is 18. The zero-order valence-corrected chi connectivity index (χ0v) is 32.1. The van der Waals surface area contributed by atoms with Gasteiger partial charge in [-0.25, -0.2) is 0 Å². The Hall–Kier alpha value is -7.80. The SMILES string of the molecule is Oc1cc(O)c2c(c1)O[C@H](c1ccc(O)c(O)c1)[C@H](O)[C@H]2c1c2c(c(O)c3c1O[C@]1(c4ccc(O)c(O)c4)Oc4cc(O)cc(O)c4[C@H]3[C@H]1O)C[C@H](O)[C@@H](c1ccc(O)c(O)c1)O2. The average molecular weight is 865 g/mol. The molecule has 10 rings (SSSR count). The molecule has 4 heterocycles. The summed E-state index contributed by atoms with van der Waals surface area (Å²) in [6.07, 6.45) is -8.60. The minimum Gasteiger partial charge on any atom is -0.508 e. The Kier molecular flexibility index (Phi) is 8.49. The topological polar surface area (TPSA) is 320 Å². The third-order valence-corrected chi connectivity index (χ3v) is 12.2. The van der Waals surface area contributed by atoms with Crippen LogP contribution < -0.4 is 18.9 Å². The van der Waals surface area contributed by atoms with Gasteiger partial charge < -0.3 is 90.4 Å². The second kappa shape index (κ2) is 13.6. The van der Waals surface area contributed by atoms with E-state index in [1.165, 1.54) is 18.2 Å². The van der Waals surface area contributed by atoms with Crippen LogP contribution in [0.15, 0.2) is 78.9 Å². The summed E-state index contributed by atoms with van der Waals surface area (Å²) < 4.78 is 26.0. The number of fused-ring (bicyclic) bond motifs is 8. The smallest absolute Gasteiger partial charge is 0.305 e. The van der Waals surface area contributed by atoms with Gasteiger partial charge in [-0.3, -0.25) is 0 Å². The first kappa shape index (κ1) is 39.3. The Balaban J connectivity index is 1.32. The summed E-state index contributed by atoms with van der Waals surface area (Å²) in [5, 5.41) is 156. The Morgan fingerprint density at radius 1 is 0.460 bits per heavy atom. The van der Waals surface area contributed by atoms with Gasteiger partial charge in [-0.05, 0) is 53.6 Å². The van der Waals surface area contributed by atoms with Gasteiger partial charge in [0.25, 0.3) is 0 Å². The quantitative estimate of drug-likeness (QED) is 0.110. The van der Waals surface area contributed by atoms with Crippen molar-refractivity contribution in [3.63, 3.8) is 0 Å². The second-order valence-corrected chi connectivity index (χ2v) is 15.9. The molecule has 0 amide bonds. The van der Waals surface area contributed by atoms with Crippen LogP contribution in [-0.2, 0) is 12.2 Å². The van der Waals surface area contributed by atoms with Crippen LogP contribution in [0.2, 0.25) is 0 Å². The van der Waals surface area contributed by atoms with E-state index in [1.807, 2.05) is 0 Å². The van der Waals surface area contributed by atoms with Crippen molar-refractivity contribution in [2.75, 3.05) is 0 Å². The first-order valence-corrected chi connectivity index (χ1v) is 19.3. The molecule has 4 aliphatic heterocycles. The van der Waals surface area contributed by atoms with Gasteiger partial charge in [-0.1, -0.05) is 12.1 Å². The molecule has 0 radical (unpaired) electrons. The molecule has 0 spiro atoms. The lowest BCUT2D eigenvalue weighted by atomic mass is 9.70. The largest absolute Gasteiger partial charge is 0.508 e. The molecule has 18 heteroatoms. The summed E-state index contributed by atoms with van der Waals surface area (Å²) in [5.41, 5.74) is -0.901. The first-order valence-electron chi connectivity index (χ1n) is 19.3. The average Bonchev–Trinajstić information content (AvgIpc) is 3.22. The van der Waals surface area contributed by atoms with Crippen molar-refractivity contribution in [1.82, 2.24) is 0 Å². The Morgan fingerprint density at radius 3 is 1.62 bits per heavy atom. The van der Waals surface area contributed by atoms with Crippen molar-refractivity contribution in [3.8, 4) is 86.2 Å². The number of rotatable bonds is 4. The van der Waals surface area contributed by atoms with E-state index in [1.54, 1.807) is 0 Å². The zero-order chi connectivity index (χ0) is 44.5. The van der Waals surface area contributed by atoms with E-state index in [0.29, 0.717) is 0 Å². The number of ether oxygens (including phenoxy) is 4. The maximum atomic E-state index is 12.7. The number of aliphatic hydroxyl groups is 3. The third-order valence-electron chi connectivity index (χ3n) is 12.2. The molecular formula is C45H36O18. The van der Waals surface area contributed by atoms with Gasteiger partial charge in [0.2, 0.25) is 0 Å². The standard InChI is InChI=1S/C45H36O18/c46-18-10-27(54)32-30(12-18)60-41(16-2-5-22(49)25(52)8-16)39(58)34(32)37-42-20(14-29(56)40(61-42)15-1-4-21(48)24(51)7-15)38(57)36-35-33-28(55)11-19(47)13-31(33)62-45(44(35)59,63-43(36)37)17-3-6-23(50)26(53)9-17/h1-13,29,34-35,39-41,44,46-59H,14H2/t29-,34+,35+,39+,40+,41+,44+,45-/m0/s1. The summed E-state index contributed by atoms with van der Waals surface area (Å²) in [5.74, 6) is -13.1. The lowest BCUT2D eigenvalue weighted by Gasteiger charge is -2.51. The van der Waals surface area contributed by atoms with E-state index in [9.17, 15) is 71.5 Å². The van der Waals surface area contributed by atoms with Crippen molar-refractivity contribution >= 4 is 0 Å². The highest BCUT2D eigenvalue weighted by atomic mass is 16.7. The minimum absolute atomic E-state index is 0.0813. The van der Waals surface area contributed by atoms with E-state index < -0.39 is 124 Å². The lowest BCUT2D eigenvalue weighted by Crippen LogP contribution is -2.58. The molecule has 0 fully saturated rings. The fraction of sp³-hybridized carbons (Fsp3) is 0.200. The molecule has 63 heavy (non-hydrogen) atoms. The zero-order valence-electron chi connectivity index (χ0n) is 32.1. The van der Waals surface area contributed by atoms with Crippen LogP contribution in [0.1, 0.15) is 68.6 Å². The van der Waals surface area contributed by atoms with E-state index >= 15 is 0 Å². The molecule has 0 aromatic heterocycles. The fourth-order valence-corrected chi connectivity index (χ4v) is 9.34. The maximum Gasteiger partial charge on any atom is 0.305 e. The molecule has 4 aliphatic rings. The maximum absolute atomic E-state index is 12.7.